The molecule has 0 saturated carbocycles. The van der Waals surface area contributed by atoms with Crippen LogP contribution in [0.2, 0.25) is 0 Å². The molecular formula is C11H10F4O2. The van der Waals surface area contributed by atoms with Crippen LogP contribution >= 0.6 is 0 Å². The molecule has 0 radical (unpaired) electrons. The minimum atomic E-state index is -3.21. The Morgan fingerprint density at radius 3 is 2.41 bits per heavy atom. The fraction of sp³-hybridized carbons (Fsp3) is 0.364. The Morgan fingerprint density at radius 2 is 1.94 bits per heavy atom. The molecule has 0 atom stereocenters. The van der Waals surface area contributed by atoms with Crippen LogP contribution in [0.5, 0.6) is 5.75 Å². The lowest BCUT2D eigenvalue weighted by atomic mass is 10.1. The molecule has 0 saturated heterocycles. The molecule has 0 aliphatic carbocycles. The molecule has 2 nitrogen and oxygen atoms in total. The summed E-state index contributed by atoms with van der Waals surface area (Å²) in [6, 6.07) is 3.01. The number of ether oxygens (including phenoxy) is 1. The zero-order valence-corrected chi connectivity index (χ0v) is 8.92. The number of carbonyl (C=O) groups excluding carboxylic acids is 1. The van der Waals surface area contributed by atoms with Crippen LogP contribution in [0.3, 0.4) is 0 Å². The Bertz CT molecular complexity index is 404. The second kappa shape index (κ2) is 5.65. The number of carbonyl (C=O) groups is 1. The van der Waals surface area contributed by atoms with Crippen molar-refractivity contribution < 1.29 is 27.1 Å². The molecule has 0 spiro atoms. The molecule has 0 unspecified atom stereocenters. The molecule has 0 heterocycles. The molecule has 0 N–H and O–H groups in total. The Balaban J connectivity index is 3.14. The van der Waals surface area contributed by atoms with E-state index >= 15 is 0 Å². The third-order valence-corrected chi connectivity index (χ3v) is 2.11. The van der Waals surface area contributed by atoms with Gasteiger partial charge in [-0.25, -0.2) is 8.78 Å². The lowest BCUT2D eigenvalue weighted by molar-refractivity contribution is -0.0520. The summed E-state index contributed by atoms with van der Waals surface area (Å²) in [5.74, 6) is -0.987. The first-order valence-electron chi connectivity index (χ1n) is 4.85. The van der Waals surface area contributed by atoms with Gasteiger partial charge in [0.2, 0.25) is 0 Å². The summed E-state index contributed by atoms with van der Waals surface area (Å²) >= 11 is 0. The molecule has 0 fully saturated rings. The van der Waals surface area contributed by atoms with Crippen LogP contribution in [-0.2, 0) is 0 Å². The first-order chi connectivity index (χ1) is 7.95. The Labute approximate surface area is 95.2 Å². The fourth-order valence-corrected chi connectivity index (χ4v) is 1.29. The first kappa shape index (κ1) is 13.5. The lowest BCUT2D eigenvalue weighted by Crippen LogP contribution is -2.06. The maximum Gasteiger partial charge on any atom is 0.387 e. The highest BCUT2D eigenvalue weighted by Crippen LogP contribution is 2.31. The summed E-state index contributed by atoms with van der Waals surface area (Å²) in [6.07, 6.45) is -2.78. The fourth-order valence-electron chi connectivity index (χ4n) is 1.29. The monoisotopic (exact) mass is 250 g/mol. The second-order valence-electron chi connectivity index (χ2n) is 3.21. The van der Waals surface area contributed by atoms with Gasteiger partial charge in [0.25, 0.3) is 6.43 Å². The highest BCUT2D eigenvalue weighted by Gasteiger charge is 2.18. The Kier molecular flexibility index (Phi) is 4.48. The number of Topliss-reactive ketones (excluding diaryl/α,β-unsaturated/α-hetero) is 1. The van der Waals surface area contributed by atoms with Crippen molar-refractivity contribution in [2.24, 2.45) is 0 Å². The average molecular weight is 250 g/mol. The van der Waals surface area contributed by atoms with Crippen LogP contribution < -0.4 is 4.74 Å². The van der Waals surface area contributed by atoms with E-state index in [1.807, 2.05) is 0 Å². The lowest BCUT2D eigenvalue weighted by Gasteiger charge is -2.11. The van der Waals surface area contributed by atoms with Gasteiger partial charge < -0.3 is 4.74 Å². The predicted octanol–water partition coefficient (Wildman–Crippen LogP) is 3.82. The van der Waals surface area contributed by atoms with Crippen molar-refractivity contribution in [3.63, 3.8) is 0 Å². The van der Waals surface area contributed by atoms with Crippen molar-refractivity contribution in [2.75, 3.05) is 0 Å². The molecule has 1 aromatic carbocycles. The van der Waals surface area contributed by atoms with Crippen molar-refractivity contribution in [3.8, 4) is 5.75 Å². The topological polar surface area (TPSA) is 26.3 Å². The molecule has 6 heteroatoms. The van der Waals surface area contributed by atoms with Crippen molar-refractivity contribution in [3.05, 3.63) is 29.3 Å². The van der Waals surface area contributed by atoms with Gasteiger partial charge in [-0.05, 0) is 12.1 Å². The van der Waals surface area contributed by atoms with Crippen LogP contribution in [0.25, 0.3) is 0 Å². The van der Waals surface area contributed by atoms with Gasteiger partial charge in [-0.1, -0.05) is 13.0 Å². The molecule has 1 aromatic rings. The summed E-state index contributed by atoms with van der Waals surface area (Å²) in [5.41, 5.74) is -0.578. The Hall–Kier alpha value is -1.59. The van der Waals surface area contributed by atoms with Gasteiger partial charge in [0, 0.05) is 12.0 Å². The van der Waals surface area contributed by atoms with Crippen molar-refractivity contribution in [2.45, 2.75) is 26.4 Å². The van der Waals surface area contributed by atoms with E-state index in [0.717, 1.165) is 12.1 Å². The first-order valence-corrected chi connectivity index (χ1v) is 4.85. The van der Waals surface area contributed by atoms with Gasteiger partial charge in [0.1, 0.15) is 5.75 Å². The van der Waals surface area contributed by atoms with Gasteiger partial charge in [-0.3, -0.25) is 4.79 Å². The standard InChI is InChI=1S/C11H10F4O2/c1-2-8(16)6-3-4-7(10(12)13)9(5-6)17-11(14)15/h3-5,10-11H,2H2,1H3. The summed E-state index contributed by atoms with van der Waals surface area (Å²) in [7, 11) is 0. The molecule has 17 heavy (non-hydrogen) atoms. The number of hydrogen-bond donors (Lipinski definition) is 0. The molecule has 0 aliphatic heterocycles. The third kappa shape index (κ3) is 3.44. The zero-order chi connectivity index (χ0) is 13.0. The van der Waals surface area contributed by atoms with Gasteiger partial charge in [-0.15, -0.1) is 0 Å². The van der Waals surface area contributed by atoms with Crippen LogP contribution in [0.4, 0.5) is 17.6 Å². The largest absolute Gasteiger partial charge is 0.434 e. The normalized spacial score (nSPS) is 11.0. The summed E-state index contributed by atoms with van der Waals surface area (Å²) in [5, 5.41) is 0. The van der Waals surface area contributed by atoms with E-state index < -0.39 is 24.3 Å². The second-order valence-corrected chi connectivity index (χ2v) is 3.21. The van der Waals surface area contributed by atoms with Gasteiger partial charge in [-0.2, -0.15) is 8.78 Å². The number of ketones is 1. The van der Waals surface area contributed by atoms with E-state index in [2.05, 4.69) is 4.74 Å². The maximum absolute atomic E-state index is 12.5. The van der Waals surface area contributed by atoms with Crippen LogP contribution in [0.1, 0.15) is 35.7 Å². The smallest absolute Gasteiger partial charge is 0.387 e. The highest BCUT2D eigenvalue weighted by molar-refractivity contribution is 5.96. The number of alkyl halides is 4. The van der Waals surface area contributed by atoms with E-state index in [0.29, 0.717) is 0 Å². The van der Waals surface area contributed by atoms with Gasteiger partial charge in [0.05, 0.1) is 5.56 Å². The third-order valence-electron chi connectivity index (χ3n) is 2.11. The van der Waals surface area contributed by atoms with Crippen LogP contribution in [-0.4, -0.2) is 12.4 Å². The van der Waals surface area contributed by atoms with E-state index in [1.54, 1.807) is 6.92 Å². The minimum absolute atomic E-state index is 0.0764. The summed E-state index contributed by atoms with van der Waals surface area (Å²) in [6.45, 7) is -1.63. The van der Waals surface area contributed by atoms with Crippen molar-refractivity contribution >= 4 is 5.78 Å². The SMILES string of the molecule is CCC(=O)c1ccc(C(F)F)c(OC(F)F)c1. The van der Waals surface area contributed by atoms with E-state index in [1.165, 1.54) is 6.07 Å². The summed E-state index contributed by atoms with van der Waals surface area (Å²) < 4.78 is 53.0. The molecule has 0 bridgehead atoms. The number of benzene rings is 1. The molecule has 1 rings (SSSR count). The number of rotatable bonds is 5. The Morgan fingerprint density at radius 1 is 1.29 bits per heavy atom. The van der Waals surface area contributed by atoms with Gasteiger partial charge >= 0.3 is 6.61 Å². The van der Waals surface area contributed by atoms with Crippen LogP contribution in [0.15, 0.2) is 18.2 Å². The number of hydrogen-bond acceptors (Lipinski definition) is 2. The van der Waals surface area contributed by atoms with Crippen molar-refractivity contribution in [1.29, 1.82) is 0 Å². The van der Waals surface area contributed by atoms with E-state index in [4.69, 9.17) is 0 Å². The highest BCUT2D eigenvalue weighted by atomic mass is 19.3. The van der Waals surface area contributed by atoms with Crippen LogP contribution in [0, 0.1) is 0 Å². The zero-order valence-electron chi connectivity index (χ0n) is 8.92. The van der Waals surface area contributed by atoms with Crippen molar-refractivity contribution in [1.82, 2.24) is 0 Å². The van der Waals surface area contributed by atoms with Gasteiger partial charge in [0.15, 0.2) is 5.78 Å². The average Bonchev–Trinajstić information content (AvgIpc) is 2.26. The quantitative estimate of drug-likeness (QED) is 0.586. The van der Waals surface area contributed by atoms with E-state index in [-0.39, 0.29) is 17.8 Å². The predicted molar refractivity (Wildman–Crippen MR) is 52.7 cm³/mol. The molecule has 0 amide bonds. The molecule has 0 aliphatic rings. The summed E-state index contributed by atoms with van der Waals surface area (Å²) in [4.78, 5) is 11.3. The van der Waals surface area contributed by atoms with E-state index in [9.17, 15) is 22.4 Å². The minimum Gasteiger partial charge on any atom is -0.434 e. The molecular weight excluding hydrogens is 240 g/mol. The molecule has 0 aromatic heterocycles. The number of halogens is 4. The molecule has 94 valence electrons. The maximum atomic E-state index is 12.5.